The van der Waals surface area contributed by atoms with E-state index in [1.807, 2.05) is 20.8 Å². The van der Waals surface area contributed by atoms with E-state index in [0.29, 0.717) is 6.54 Å². The number of carbonyl (C=O) groups excluding carboxylic acids is 1. The minimum absolute atomic E-state index is 0.254. The molecule has 3 heteroatoms. The highest BCUT2D eigenvalue weighted by Gasteiger charge is 2.29. The highest BCUT2D eigenvalue weighted by Crippen LogP contribution is 2.28. The van der Waals surface area contributed by atoms with E-state index in [-0.39, 0.29) is 6.09 Å². The normalized spacial score (nSPS) is 17.9. The Labute approximate surface area is 123 Å². The smallest absolute Gasteiger partial charge is 0.414 e. The minimum atomic E-state index is -0.451. The standard InChI is InChI=1S/C17H29NO2/c1-6-7-8-9-10-11-15-14(2)12-13-18(15)16(19)20-17(3,4)5/h11H,2,6-10,12-13H2,1,3-5H3/b15-11+. The number of carbonyl (C=O) groups is 1. The van der Waals surface area contributed by atoms with Gasteiger partial charge in [0, 0.05) is 12.2 Å². The van der Waals surface area contributed by atoms with E-state index in [2.05, 4.69) is 19.6 Å². The molecule has 0 unspecified atom stereocenters. The first kappa shape index (κ1) is 16.8. The first-order chi connectivity index (χ1) is 9.35. The number of rotatable bonds is 5. The molecule has 1 amide bonds. The van der Waals surface area contributed by atoms with Crippen molar-refractivity contribution in [1.82, 2.24) is 4.90 Å². The number of allylic oxidation sites excluding steroid dienone is 2. The molecular formula is C17H29NO2. The SMILES string of the molecule is C=C1CCN(C(=O)OC(C)(C)C)/C1=C/CCCCCC. The van der Waals surface area contributed by atoms with Crippen LogP contribution in [0.3, 0.4) is 0 Å². The average Bonchev–Trinajstić information content (AvgIpc) is 2.69. The van der Waals surface area contributed by atoms with Gasteiger partial charge < -0.3 is 4.74 Å². The van der Waals surface area contributed by atoms with Crippen molar-refractivity contribution in [3.63, 3.8) is 0 Å². The van der Waals surface area contributed by atoms with Crippen LogP contribution in [0.15, 0.2) is 23.9 Å². The van der Waals surface area contributed by atoms with E-state index in [0.717, 1.165) is 24.1 Å². The molecule has 1 heterocycles. The Bertz CT molecular complexity index is 377. The van der Waals surface area contributed by atoms with Crippen LogP contribution in [0.4, 0.5) is 4.79 Å². The van der Waals surface area contributed by atoms with E-state index < -0.39 is 5.60 Å². The van der Waals surface area contributed by atoms with Crippen molar-refractivity contribution in [3.05, 3.63) is 23.9 Å². The van der Waals surface area contributed by atoms with Gasteiger partial charge in [-0.1, -0.05) is 38.8 Å². The largest absolute Gasteiger partial charge is 0.443 e. The van der Waals surface area contributed by atoms with E-state index in [9.17, 15) is 4.79 Å². The quantitative estimate of drug-likeness (QED) is 0.660. The van der Waals surface area contributed by atoms with E-state index in [4.69, 9.17) is 4.74 Å². The molecule has 114 valence electrons. The first-order valence-electron chi connectivity index (χ1n) is 7.74. The zero-order valence-electron chi connectivity index (χ0n) is 13.5. The van der Waals surface area contributed by atoms with Gasteiger partial charge in [-0.25, -0.2) is 4.79 Å². The number of nitrogens with zero attached hydrogens (tertiary/aromatic N) is 1. The van der Waals surface area contributed by atoms with Crippen LogP contribution in [-0.4, -0.2) is 23.1 Å². The summed E-state index contributed by atoms with van der Waals surface area (Å²) in [6.07, 6.45) is 8.69. The number of ether oxygens (including phenoxy) is 1. The summed E-state index contributed by atoms with van der Waals surface area (Å²) >= 11 is 0. The molecule has 1 fully saturated rings. The van der Waals surface area contributed by atoms with Crippen LogP contribution in [-0.2, 0) is 4.74 Å². The lowest BCUT2D eigenvalue weighted by Gasteiger charge is -2.25. The zero-order chi connectivity index (χ0) is 15.2. The van der Waals surface area contributed by atoms with Crippen LogP contribution in [0, 0.1) is 0 Å². The summed E-state index contributed by atoms with van der Waals surface area (Å²) in [5.74, 6) is 0. The Morgan fingerprint density at radius 1 is 1.35 bits per heavy atom. The van der Waals surface area contributed by atoms with Crippen LogP contribution in [0.5, 0.6) is 0 Å². The van der Waals surface area contributed by atoms with Crippen molar-refractivity contribution < 1.29 is 9.53 Å². The molecular weight excluding hydrogens is 250 g/mol. The van der Waals surface area contributed by atoms with Gasteiger partial charge in [-0.05, 0) is 45.6 Å². The van der Waals surface area contributed by atoms with Gasteiger partial charge in [0.15, 0.2) is 0 Å². The molecule has 1 aliphatic heterocycles. The fraction of sp³-hybridized carbons (Fsp3) is 0.706. The van der Waals surface area contributed by atoms with Crippen molar-refractivity contribution in [2.75, 3.05) is 6.54 Å². The third-order valence-electron chi connectivity index (χ3n) is 3.30. The van der Waals surface area contributed by atoms with Crippen molar-refractivity contribution in [2.45, 2.75) is 71.8 Å². The summed E-state index contributed by atoms with van der Waals surface area (Å²) < 4.78 is 5.45. The maximum atomic E-state index is 12.2. The molecule has 20 heavy (non-hydrogen) atoms. The molecule has 1 rings (SSSR count). The molecule has 0 bridgehead atoms. The van der Waals surface area contributed by atoms with Crippen molar-refractivity contribution in [1.29, 1.82) is 0 Å². The summed E-state index contributed by atoms with van der Waals surface area (Å²) in [6.45, 7) is 12.6. The predicted octanol–water partition coefficient (Wildman–Crippen LogP) is 5.04. The van der Waals surface area contributed by atoms with Gasteiger partial charge in [0.1, 0.15) is 5.60 Å². The summed E-state index contributed by atoms with van der Waals surface area (Å²) in [5, 5.41) is 0. The molecule has 0 aromatic rings. The van der Waals surface area contributed by atoms with Gasteiger partial charge in [-0.15, -0.1) is 0 Å². The van der Waals surface area contributed by atoms with Gasteiger partial charge in [0.2, 0.25) is 0 Å². The molecule has 1 saturated heterocycles. The lowest BCUT2D eigenvalue weighted by atomic mass is 10.1. The van der Waals surface area contributed by atoms with Crippen molar-refractivity contribution in [2.24, 2.45) is 0 Å². The third-order valence-corrected chi connectivity index (χ3v) is 3.30. The second kappa shape index (κ2) is 7.51. The van der Waals surface area contributed by atoms with Crippen molar-refractivity contribution in [3.8, 4) is 0 Å². The average molecular weight is 279 g/mol. The first-order valence-corrected chi connectivity index (χ1v) is 7.74. The zero-order valence-corrected chi connectivity index (χ0v) is 13.5. The van der Waals surface area contributed by atoms with E-state index in [1.54, 1.807) is 4.90 Å². The molecule has 0 aromatic heterocycles. The second-order valence-corrected chi connectivity index (χ2v) is 6.42. The number of hydrogen-bond donors (Lipinski definition) is 0. The van der Waals surface area contributed by atoms with Gasteiger partial charge in [0.25, 0.3) is 0 Å². The lowest BCUT2D eigenvalue weighted by Crippen LogP contribution is -2.34. The van der Waals surface area contributed by atoms with Crippen LogP contribution in [0.2, 0.25) is 0 Å². The molecule has 0 radical (unpaired) electrons. The van der Waals surface area contributed by atoms with Crippen molar-refractivity contribution >= 4 is 6.09 Å². The van der Waals surface area contributed by atoms with Gasteiger partial charge in [0.05, 0.1) is 0 Å². The third kappa shape index (κ3) is 5.40. The maximum Gasteiger partial charge on any atom is 0.414 e. The molecule has 0 N–H and O–H groups in total. The highest BCUT2D eigenvalue weighted by atomic mass is 16.6. The van der Waals surface area contributed by atoms with Crippen LogP contribution in [0.1, 0.15) is 66.2 Å². The minimum Gasteiger partial charge on any atom is -0.443 e. The van der Waals surface area contributed by atoms with Gasteiger partial charge in [-0.2, -0.15) is 0 Å². The molecule has 1 aliphatic rings. The number of amides is 1. The fourth-order valence-corrected chi connectivity index (χ4v) is 2.26. The molecule has 0 atom stereocenters. The Kier molecular flexibility index (Phi) is 6.31. The van der Waals surface area contributed by atoms with E-state index in [1.165, 1.54) is 25.7 Å². The number of hydrogen-bond acceptors (Lipinski definition) is 2. The van der Waals surface area contributed by atoms with Gasteiger partial charge >= 0.3 is 6.09 Å². The lowest BCUT2D eigenvalue weighted by molar-refractivity contribution is 0.0339. The Hall–Kier alpha value is -1.25. The molecule has 0 aliphatic carbocycles. The van der Waals surface area contributed by atoms with Crippen LogP contribution in [0.25, 0.3) is 0 Å². The number of unbranched alkanes of at least 4 members (excludes halogenated alkanes) is 4. The van der Waals surface area contributed by atoms with E-state index >= 15 is 0 Å². The Morgan fingerprint density at radius 3 is 2.65 bits per heavy atom. The molecule has 0 spiro atoms. The number of likely N-dealkylation sites (tertiary alicyclic amines) is 1. The summed E-state index contributed by atoms with van der Waals surface area (Å²) in [6, 6.07) is 0. The van der Waals surface area contributed by atoms with Gasteiger partial charge in [-0.3, -0.25) is 4.90 Å². The summed E-state index contributed by atoms with van der Waals surface area (Å²) in [5.41, 5.74) is 1.56. The summed E-state index contributed by atoms with van der Waals surface area (Å²) in [7, 11) is 0. The molecule has 3 nitrogen and oxygen atoms in total. The second-order valence-electron chi connectivity index (χ2n) is 6.42. The summed E-state index contributed by atoms with van der Waals surface area (Å²) in [4.78, 5) is 13.9. The monoisotopic (exact) mass is 279 g/mol. The Morgan fingerprint density at radius 2 is 2.05 bits per heavy atom. The van der Waals surface area contributed by atoms with Crippen LogP contribution < -0.4 is 0 Å². The fourth-order valence-electron chi connectivity index (χ4n) is 2.26. The topological polar surface area (TPSA) is 29.5 Å². The molecule has 0 saturated carbocycles. The Balaban J connectivity index is 2.59. The maximum absolute atomic E-state index is 12.2. The highest BCUT2D eigenvalue weighted by molar-refractivity contribution is 5.73. The molecule has 0 aromatic carbocycles. The predicted molar refractivity (Wildman–Crippen MR) is 83.5 cm³/mol. The van der Waals surface area contributed by atoms with Crippen LogP contribution >= 0.6 is 0 Å².